The molecular formula is C23H29N3O2. The van der Waals surface area contributed by atoms with Crippen LogP contribution in [-0.2, 0) is 16.0 Å². The number of nitrogens with one attached hydrogen (secondary N) is 1. The summed E-state index contributed by atoms with van der Waals surface area (Å²) in [6, 6.07) is 16.3. The maximum atomic E-state index is 12.2. The van der Waals surface area contributed by atoms with Crippen LogP contribution in [0, 0.1) is 6.92 Å². The van der Waals surface area contributed by atoms with E-state index in [4.69, 9.17) is 0 Å². The molecule has 1 fully saturated rings. The lowest BCUT2D eigenvalue weighted by atomic mass is 10.0. The fourth-order valence-electron chi connectivity index (χ4n) is 3.59. The fraction of sp³-hybridized carbons (Fsp3) is 0.391. The van der Waals surface area contributed by atoms with Crippen LogP contribution in [0.1, 0.15) is 30.9 Å². The van der Waals surface area contributed by atoms with Crippen LogP contribution in [0.4, 0.5) is 11.4 Å². The first-order valence-electron chi connectivity index (χ1n) is 9.98. The number of aryl methyl sites for hydroxylation is 2. The quantitative estimate of drug-likeness (QED) is 0.834. The molecule has 2 aromatic rings. The van der Waals surface area contributed by atoms with Gasteiger partial charge in [-0.05, 0) is 55.2 Å². The van der Waals surface area contributed by atoms with E-state index in [0.717, 1.165) is 50.4 Å². The van der Waals surface area contributed by atoms with Gasteiger partial charge in [0.15, 0.2) is 0 Å². The van der Waals surface area contributed by atoms with Crippen molar-refractivity contribution in [2.24, 2.45) is 0 Å². The highest BCUT2D eigenvalue weighted by Gasteiger charge is 2.18. The van der Waals surface area contributed by atoms with Gasteiger partial charge in [-0.25, -0.2) is 0 Å². The molecule has 0 bridgehead atoms. The van der Waals surface area contributed by atoms with Crippen LogP contribution in [0.5, 0.6) is 0 Å². The van der Waals surface area contributed by atoms with Crippen LogP contribution >= 0.6 is 0 Å². The van der Waals surface area contributed by atoms with Gasteiger partial charge in [0, 0.05) is 50.9 Å². The van der Waals surface area contributed by atoms with Gasteiger partial charge < -0.3 is 15.1 Å². The number of rotatable bonds is 6. The average Bonchev–Trinajstić information content (AvgIpc) is 2.70. The summed E-state index contributed by atoms with van der Waals surface area (Å²) < 4.78 is 0. The van der Waals surface area contributed by atoms with Crippen LogP contribution in [0.15, 0.2) is 48.5 Å². The number of hydrogen-bond donors (Lipinski definition) is 1. The molecule has 2 amide bonds. The molecule has 1 heterocycles. The summed E-state index contributed by atoms with van der Waals surface area (Å²) in [5, 5.41) is 2.98. The highest BCUT2D eigenvalue weighted by Crippen LogP contribution is 2.20. The minimum absolute atomic E-state index is 0.0522. The van der Waals surface area contributed by atoms with Gasteiger partial charge >= 0.3 is 0 Å². The number of carbonyl (C=O) groups excluding carboxylic acids is 2. The lowest BCUT2D eigenvalue weighted by Crippen LogP contribution is -2.48. The standard InChI is InChI=1S/C23H29N3O2/c1-18-6-3-4-7-20(18)8-5-9-23(28)24-21-10-12-22(13-11-21)26-16-14-25(15-17-26)19(2)27/h3-4,6-7,10-13H,5,8-9,14-17H2,1-2H3,(H,24,28). The Morgan fingerprint density at radius 2 is 1.64 bits per heavy atom. The first-order chi connectivity index (χ1) is 13.5. The third-order valence-electron chi connectivity index (χ3n) is 5.35. The largest absolute Gasteiger partial charge is 0.368 e. The first kappa shape index (κ1) is 19.9. The molecule has 148 valence electrons. The Hall–Kier alpha value is -2.82. The molecule has 5 nitrogen and oxygen atoms in total. The second-order valence-corrected chi connectivity index (χ2v) is 7.37. The number of carbonyl (C=O) groups is 2. The van der Waals surface area contributed by atoms with Gasteiger partial charge in [0.25, 0.3) is 0 Å². The van der Waals surface area contributed by atoms with Crippen molar-refractivity contribution in [2.45, 2.75) is 33.1 Å². The molecule has 0 radical (unpaired) electrons. The van der Waals surface area contributed by atoms with Crippen LogP contribution in [-0.4, -0.2) is 42.9 Å². The Kier molecular flexibility index (Phi) is 6.69. The monoisotopic (exact) mass is 379 g/mol. The second kappa shape index (κ2) is 9.40. The summed E-state index contributed by atoms with van der Waals surface area (Å²) >= 11 is 0. The molecule has 0 aromatic heterocycles. The molecule has 28 heavy (non-hydrogen) atoms. The van der Waals surface area contributed by atoms with Gasteiger partial charge in [0.05, 0.1) is 0 Å². The second-order valence-electron chi connectivity index (χ2n) is 7.37. The van der Waals surface area contributed by atoms with Crippen LogP contribution in [0.2, 0.25) is 0 Å². The highest BCUT2D eigenvalue weighted by atomic mass is 16.2. The molecule has 0 spiro atoms. The van der Waals surface area contributed by atoms with Crippen molar-refractivity contribution >= 4 is 23.2 Å². The van der Waals surface area contributed by atoms with E-state index in [-0.39, 0.29) is 11.8 Å². The van der Waals surface area contributed by atoms with E-state index in [9.17, 15) is 9.59 Å². The number of anilines is 2. The lowest BCUT2D eigenvalue weighted by molar-refractivity contribution is -0.129. The summed E-state index contributed by atoms with van der Waals surface area (Å²) in [6.45, 7) is 6.92. The Morgan fingerprint density at radius 3 is 2.29 bits per heavy atom. The van der Waals surface area contributed by atoms with Crippen LogP contribution in [0.3, 0.4) is 0 Å². The van der Waals surface area contributed by atoms with Gasteiger partial charge in [0.2, 0.25) is 11.8 Å². The summed E-state index contributed by atoms with van der Waals surface area (Å²) in [5.74, 6) is 0.191. The van der Waals surface area contributed by atoms with Gasteiger partial charge in [-0.2, -0.15) is 0 Å². The Morgan fingerprint density at radius 1 is 0.964 bits per heavy atom. The zero-order valence-electron chi connectivity index (χ0n) is 16.8. The molecule has 0 aliphatic carbocycles. The Balaban J connectivity index is 1.44. The molecule has 5 heteroatoms. The number of hydrogen-bond acceptors (Lipinski definition) is 3. The molecule has 1 N–H and O–H groups in total. The molecule has 1 aliphatic heterocycles. The third-order valence-corrected chi connectivity index (χ3v) is 5.35. The number of benzene rings is 2. The lowest BCUT2D eigenvalue weighted by Gasteiger charge is -2.35. The Bertz CT molecular complexity index is 809. The smallest absolute Gasteiger partial charge is 0.224 e. The van der Waals surface area contributed by atoms with Crippen molar-refractivity contribution in [3.05, 3.63) is 59.7 Å². The predicted molar refractivity (Wildman–Crippen MR) is 114 cm³/mol. The fourth-order valence-corrected chi connectivity index (χ4v) is 3.59. The van der Waals surface area contributed by atoms with Gasteiger partial charge in [-0.3, -0.25) is 9.59 Å². The molecule has 3 rings (SSSR count). The summed E-state index contributed by atoms with van der Waals surface area (Å²) in [4.78, 5) is 27.8. The van der Waals surface area contributed by atoms with Gasteiger partial charge in [-0.1, -0.05) is 24.3 Å². The molecule has 0 atom stereocenters. The van der Waals surface area contributed by atoms with E-state index in [1.54, 1.807) is 6.92 Å². The normalized spacial score (nSPS) is 14.1. The van der Waals surface area contributed by atoms with Crippen LogP contribution < -0.4 is 10.2 Å². The minimum atomic E-state index is 0.0522. The molecule has 0 saturated carbocycles. The summed E-state index contributed by atoms with van der Waals surface area (Å²) in [5.41, 5.74) is 4.54. The van der Waals surface area contributed by atoms with Crippen molar-refractivity contribution in [3.63, 3.8) is 0 Å². The van der Waals surface area contributed by atoms with Gasteiger partial charge in [-0.15, -0.1) is 0 Å². The summed E-state index contributed by atoms with van der Waals surface area (Å²) in [7, 11) is 0. The molecule has 2 aromatic carbocycles. The van der Waals surface area contributed by atoms with Crippen molar-refractivity contribution in [1.82, 2.24) is 4.90 Å². The maximum Gasteiger partial charge on any atom is 0.224 e. The predicted octanol–water partition coefficient (Wildman–Crippen LogP) is 3.62. The van der Waals surface area contributed by atoms with Crippen molar-refractivity contribution in [3.8, 4) is 0 Å². The number of nitrogens with zero attached hydrogens (tertiary/aromatic N) is 2. The molecule has 1 saturated heterocycles. The van der Waals surface area contributed by atoms with E-state index in [2.05, 4.69) is 29.3 Å². The maximum absolute atomic E-state index is 12.2. The Labute approximate surface area is 167 Å². The first-order valence-corrected chi connectivity index (χ1v) is 9.98. The minimum Gasteiger partial charge on any atom is -0.368 e. The van der Waals surface area contributed by atoms with Gasteiger partial charge in [0.1, 0.15) is 0 Å². The van der Waals surface area contributed by atoms with E-state index in [0.29, 0.717) is 6.42 Å². The van der Waals surface area contributed by atoms with Crippen molar-refractivity contribution in [2.75, 3.05) is 36.4 Å². The molecule has 0 unspecified atom stereocenters. The molecular weight excluding hydrogens is 350 g/mol. The zero-order chi connectivity index (χ0) is 19.9. The summed E-state index contributed by atoms with van der Waals surface area (Å²) in [6.07, 6.45) is 2.28. The zero-order valence-corrected chi connectivity index (χ0v) is 16.8. The van der Waals surface area contributed by atoms with E-state index in [1.807, 2.05) is 41.3 Å². The highest BCUT2D eigenvalue weighted by molar-refractivity contribution is 5.90. The van der Waals surface area contributed by atoms with Crippen molar-refractivity contribution < 1.29 is 9.59 Å². The number of amides is 2. The SMILES string of the molecule is CC(=O)N1CCN(c2ccc(NC(=O)CCCc3ccccc3C)cc2)CC1. The van der Waals surface area contributed by atoms with E-state index < -0.39 is 0 Å². The number of piperazine rings is 1. The van der Waals surface area contributed by atoms with E-state index >= 15 is 0 Å². The van der Waals surface area contributed by atoms with Crippen molar-refractivity contribution in [1.29, 1.82) is 0 Å². The topological polar surface area (TPSA) is 52.7 Å². The van der Waals surface area contributed by atoms with E-state index in [1.165, 1.54) is 11.1 Å². The third kappa shape index (κ3) is 5.35. The van der Waals surface area contributed by atoms with Crippen LogP contribution in [0.25, 0.3) is 0 Å². The molecule has 1 aliphatic rings. The average molecular weight is 380 g/mol.